The predicted molar refractivity (Wildman–Crippen MR) is 66.4 cm³/mol. The molecule has 1 aromatic rings. The number of aromatic nitrogens is 1. The van der Waals surface area contributed by atoms with Crippen LogP contribution in [0.3, 0.4) is 0 Å². The summed E-state index contributed by atoms with van der Waals surface area (Å²) in [7, 11) is -7.28. The monoisotopic (exact) mass is 294 g/mol. The number of hydrogen-bond donors (Lipinski definition) is 3. The molecule has 0 unspecified atom stereocenters. The molecule has 0 aliphatic rings. The summed E-state index contributed by atoms with van der Waals surface area (Å²) in [4.78, 5) is 3.65. The summed E-state index contributed by atoms with van der Waals surface area (Å²) in [5.74, 6) is -0.198. The van der Waals surface area contributed by atoms with Gasteiger partial charge in [0.05, 0.1) is 10.6 Å². The third kappa shape index (κ3) is 4.96. The van der Waals surface area contributed by atoms with Gasteiger partial charge in [0.1, 0.15) is 5.82 Å². The molecule has 8 nitrogen and oxygen atoms in total. The summed E-state index contributed by atoms with van der Waals surface area (Å²) < 4.78 is 47.0. The zero-order valence-corrected chi connectivity index (χ0v) is 11.0. The number of nitrogens with zero attached hydrogens (tertiary/aromatic N) is 1. The van der Waals surface area contributed by atoms with Crippen molar-refractivity contribution in [2.45, 2.75) is 11.3 Å². The number of nitrogen functional groups attached to an aromatic ring is 1. The molecule has 10 heteroatoms. The lowest BCUT2D eigenvalue weighted by atomic mass is 10.5. The number of anilines is 1. The lowest BCUT2D eigenvalue weighted by Crippen LogP contribution is -2.27. The molecule has 0 bridgehead atoms. The van der Waals surface area contributed by atoms with Crippen molar-refractivity contribution in [1.82, 2.24) is 9.71 Å². The highest BCUT2D eigenvalue weighted by atomic mass is 32.2. The number of hydrogen-bond acceptors (Lipinski definition) is 6. The van der Waals surface area contributed by atoms with E-state index < -0.39 is 20.0 Å². The molecule has 0 amide bonds. The number of sulfonamides is 2. The lowest BCUT2D eigenvalue weighted by Gasteiger charge is -2.06. The van der Waals surface area contributed by atoms with E-state index >= 15 is 0 Å². The number of primary sulfonamides is 1. The SMILES string of the molecule is Nc1cc(S(=O)(=O)NCCCS(N)(=O)=O)ccn1. The fraction of sp³-hybridized carbons (Fsp3) is 0.375. The zero-order valence-electron chi connectivity index (χ0n) is 9.40. The van der Waals surface area contributed by atoms with Crippen LogP contribution in [0, 0.1) is 0 Å². The smallest absolute Gasteiger partial charge is 0.240 e. The second kappa shape index (κ2) is 5.61. The van der Waals surface area contributed by atoms with Crippen LogP contribution in [0.2, 0.25) is 0 Å². The molecular formula is C8H14N4O4S2. The Kier molecular flexibility index (Phi) is 4.62. The molecule has 0 fully saturated rings. The van der Waals surface area contributed by atoms with Gasteiger partial charge in [-0.2, -0.15) is 0 Å². The van der Waals surface area contributed by atoms with E-state index in [-0.39, 0.29) is 29.4 Å². The minimum absolute atomic E-state index is 0.0226. The first-order valence-electron chi connectivity index (χ1n) is 4.92. The van der Waals surface area contributed by atoms with Gasteiger partial charge in [-0.3, -0.25) is 0 Å². The van der Waals surface area contributed by atoms with Crippen LogP contribution in [-0.4, -0.2) is 34.1 Å². The topological polar surface area (TPSA) is 145 Å². The summed E-state index contributed by atoms with van der Waals surface area (Å²) in [5.41, 5.74) is 5.37. The van der Waals surface area contributed by atoms with Crippen molar-refractivity contribution in [3.8, 4) is 0 Å². The molecule has 0 aromatic carbocycles. The van der Waals surface area contributed by atoms with Crippen LogP contribution in [0.1, 0.15) is 6.42 Å². The molecule has 0 saturated heterocycles. The summed E-state index contributed by atoms with van der Waals surface area (Å²) in [6.45, 7) is -0.0268. The third-order valence-electron chi connectivity index (χ3n) is 1.96. The number of rotatable bonds is 6. The van der Waals surface area contributed by atoms with Gasteiger partial charge in [-0.1, -0.05) is 0 Å². The second-order valence-corrected chi connectivity index (χ2v) is 7.04. The normalized spacial score (nSPS) is 12.5. The lowest BCUT2D eigenvalue weighted by molar-refractivity contribution is 0.576. The fourth-order valence-corrected chi connectivity index (χ4v) is 2.80. The van der Waals surface area contributed by atoms with Crippen LogP contribution in [0.15, 0.2) is 23.2 Å². The average Bonchev–Trinajstić information content (AvgIpc) is 2.23. The summed E-state index contributed by atoms with van der Waals surface area (Å²) in [6.07, 6.45) is 1.37. The number of nitrogens with one attached hydrogen (secondary N) is 1. The Balaban J connectivity index is 2.61. The molecule has 0 radical (unpaired) electrons. The van der Waals surface area contributed by atoms with Gasteiger partial charge < -0.3 is 5.73 Å². The molecule has 0 spiro atoms. The van der Waals surface area contributed by atoms with Crippen molar-refractivity contribution in [2.24, 2.45) is 5.14 Å². The Morgan fingerprint density at radius 3 is 2.50 bits per heavy atom. The summed E-state index contributed by atoms with van der Waals surface area (Å²) in [6, 6.07) is 2.50. The first kappa shape index (κ1) is 14.8. The minimum atomic E-state index is -3.71. The Bertz CT molecular complexity index is 612. The fourth-order valence-electron chi connectivity index (χ4n) is 1.16. The van der Waals surface area contributed by atoms with Gasteiger partial charge in [-0.15, -0.1) is 0 Å². The highest BCUT2D eigenvalue weighted by molar-refractivity contribution is 7.89. The average molecular weight is 294 g/mol. The van der Waals surface area contributed by atoms with Gasteiger partial charge in [0, 0.05) is 18.8 Å². The maximum Gasteiger partial charge on any atom is 0.240 e. The quantitative estimate of drug-likeness (QED) is 0.551. The third-order valence-corrected chi connectivity index (χ3v) is 4.28. The molecule has 0 atom stereocenters. The largest absolute Gasteiger partial charge is 0.384 e. The van der Waals surface area contributed by atoms with Crippen LogP contribution in [0.4, 0.5) is 5.82 Å². The van der Waals surface area contributed by atoms with Crippen molar-refractivity contribution in [1.29, 1.82) is 0 Å². The highest BCUT2D eigenvalue weighted by Gasteiger charge is 2.14. The predicted octanol–water partition coefficient (Wildman–Crippen LogP) is -1.38. The van der Waals surface area contributed by atoms with Crippen molar-refractivity contribution in [3.05, 3.63) is 18.3 Å². The molecule has 1 aromatic heterocycles. The molecule has 0 aliphatic carbocycles. The van der Waals surface area contributed by atoms with Crippen LogP contribution in [-0.2, 0) is 20.0 Å². The Morgan fingerprint density at radius 1 is 1.28 bits per heavy atom. The Labute approximate surface area is 105 Å². The molecular weight excluding hydrogens is 280 g/mol. The van der Waals surface area contributed by atoms with E-state index in [4.69, 9.17) is 10.9 Å². The molecule has 18 heavy (non-hydrogen) atoms. The van der Waals surface area contributed by atoms with Crippen molar-refractivity contribution in [3.63, 3.8) is 0 Å². The van der Waals surface area contributed by atoms with Crippen molar-refractivity contribution < 1.29 is 16.8 Å². The van der Waals surface area contributed by atoms with E-state index in [2.05, 4.69) is 9.71 Å². The van der Waals surface area contributed by atoms with Crippen LogP contribution in [0.5, 0.6) is 0 Å². The summed E-state index contributed by atoms with van der Waals surface area (Å²) >= 11 is 0. The van der Waals surface area contributed by atoms with Gasteiger partial charge in [0.15, 0.2) is 0 Å². The maximum absolute atomic E-state index is 11.7. The molecule has 102 valence electrons. The highest BCUT2D eigenvalue weighted by Crippen LogP contribution is 2.09. The van der Waals surface area contributed by atoms with E-state index in [1.54, 1.807) is 0 Å². The van der Waals surface area contributed by atoms with Gasteiger partial charge in [-0.25, -0.2) is 31.7 Å². The molecule has 5 N–H and O–H groups in total. The molecule has 1 rings (SSSR count). The van der Waals surface area contributed by atoms with Gasteiger partial charge >= 0.3 is 0 Å². The minimum Gasteiger partial charge on any atom is -0.384 e. The second-order valence-electron chi connectivity index (χ2n) is 3.53. The molecule has 0 aliphatic heterocycles. The summed E-state index contributed by atoms with van der Waals surface area (Å²) in [5, 5.41) is 4.79. The van der Waals surface area contributed by atoms with E-state index in [1.165, 1.54) is 18.3 Å². The van der Waals surface area contributed by atoms with E-state index in [0.29, 0.717) is 0 Å². The molecule has 1 heterocycles. The van der Waals surface area contributed by atoms with Crippen molar-refractivity contribution >= 4 is 25.9 Å². The first-order valence-corrected chi connectivity index (χ1v) is 8.12. The zero-order chi connectivity index (χ0) is 13.8. The van der Waals surface area contributed by atoms with Crippen LogP contribution < -0.4 is 15.6 Å². The van der Waals surface area contributed by atoms with Gasteiger partial charge in [0.2, 0.25) is 20.0 Å². The Hall–Kier alpha value is -1.23. The Morgan fingerprint density at radius 2 is 1.94 bits per heavy atom. The van der Waals surface area contributed by atoms with Gasteiger partial charge in [-0.05, 0) is 12.5 Å². The standard InChI is InChI=1S/C8H14N4O4S2/c9-8-6-7(2-4-11-8)18(15,16)12-3-1-5-17(10,13)14/h2,4,6,12H,1,3,5H2,(H2,9,11)(H2,10,13,14). The first-order chi connectivity index (χ1) is 8.21. The van der Waals surface area contributed by atoms with Gasteiger partial charge in [0.25, 0.3) is 0 Å². The van der Waals surface area contributed by atoms with Crippen LogP contribution in [0.25, 0.3) is 0 Å². The van der Waals surface area contributed by atoms with E-state index in [1.807, 2.05) is 0 Å². The van der Waals surface area contributed by atoms with E-state index in [9.17, 15) is 16.8 Å². The van der Waals surface area contributed by atoms with Crippen LogP contribution >= 0.6 is 0 Å². The number of nitrogens with two attached hydrogens (primary N) is 2. The van der Waals surface area contributed by atoms with Crippen molar-refractivity contribution in [2.75, 3.05) is 18.0 Å². The number of pyridine rings is 1. The maximum atomic E-state index is 11.7. The van der Waals surface area contributed by atoms with E-state index in [0.717, 1.165) is 0 Å². The molecule has 0 saturated carbocycles.